The number of carbonyl (C=O) groups excluding carboxylic acids is 3. The van der Waals surface area contributed by atoms with Crippen molar-refractivity contribution < 1.29 is 14.4 Å². The number of amides is 3. The highest BCUT2D eigenvalue weighted by Crippen LogP contribution is 2.15. The summed E-state index contributed by atoms with van der Waals surface area (Å²) in [4.78, 5) is 39.6. The molecule has 7 heteroatoms. The average molecular weight is 354 g/mol. The van der Waals surface area contributed by atoms with Crippen LogP contribution in [0.2, 0.25) is 0 Å². The molecule has 0 saturated heterocycles. The van der Waals surface area contributed by atoms with Gasteiger partial charge in [0.1, 0.15) is 5.69 Å². The molecule has 0 spiro atoms. The minimum absolute atomic E-state index is 0.167. The first kappa shape index (κ1) is 19.1. The molecule has 3 N–H and O–H groups in total. The van der Waals surface area contributed by atoms with E-state index in [4.69, 9.17) is 0 Å². The lowest BCUT2D eigenvalue weighted by Crippen LogP contribution is -2.41. The number of anilines is 2. The Kier molecular flexibility index (Phi) is 5.71. The largest absolute Gasteiger partial charge is 0.346 e. The molecule has 2 rings (SSSR count). The Balaban J connectivity index is 2.09. The van der Waals surface area contributed by atoms with E-state index < -0.39 is 5.54 Å². The van der Waals surface area contributed by atoms with Crippen LogP contribution in [0.15, 0.2) is 42.6 Å². The first-order chi connectivity index (χ1) is 12.1. The van der Waals surface area contributed by atoms with E-state index in [1.54, 1.807) is 24.3 Å². The van der Waals surface area contributed by atoms with Gasteiger partial charge in [0.2, 0.25) is 5.91 Å². The zero-order chi connectivity index (χ0) is 19.3. The van der Waals surface area contributed by atoms with Gasteiger partial charge in [-0.05, 0) is 57.2 Å². The maximum absolute atomic E-state index is 12.4. The van der Waals surface area contributed by atoms with Crippen LogP contribution in [0, 0.1) is 0 Å². The molecule has 1 heterocycles. The molecule has 0 atom stereocenters. The van der Waals surface area contributed by atoms with Crippen molar-refractivity contribution in [1.29, 1.82) is 0 Å². The quantitative estimate of drug-likeness (QED) is 0.786. The van der Waals surface area contributed by atoms with Crippen molar-refractivity contribution in [3.63, 3.8) is 0 Å². The lowest BCUT2D eigenvalue weighted by molar-refractivity contribution is -0.114. The number of hydrogen-bond acceptors (Lipinski definition) is 4. The zero-order valence-electron chi connectivity index (χ0n) is 15.2. The zero-order valence-corrected chi connectivity index (χ0v) is 15.2. The second-order valence-electron chi connectivity index (χ2n) is 6.85. The first-order valence-corrected chi connectivity index (χ1v) is 8.11. The molecule has 26 heavy (non-hydrogen) atoms. The minimum Gasteiger partial charge on any atom is -0.346 e. The highest BCUT2D eigenvalue weighted by molar-refractivity contribution is 6.05. The lowest BCUT2D eigenvalue weighted by atomic mass is 10.1. The summed E-state index contributed by atoms with van der Waals surface area (Å²) in [5.41, 5.74) is 1.31. The van der Waals surface area contributed by atoms with E-state index in [0.29, 0.717) is 16.9 Å². The number of benzene rings is 1. The van der Waals surface area contributed by atoms with E-state index in [0.717, 1.165) is 0 Å². The van der Waals surface area contributed by atoms with Gasteiger partial charge in [-0.3, -0.25) is 19.4 Å². The van der Waals surface area contributed by atoms with Gasteiger partial charge in [-0.25, -0.2) is 0 Å². The van der Waals surface area contributed by atoms with Crippen LogP contribution >= 0.6 is 0 Å². The SMILES string of the molecule is CC(=O)Nc1ccc(NC(=O)c2ccnc(C(=O)NC(C)(C)C)c2)cc1. The first-order valence-electron chi connectivity index (χ1n) is 8.11. The van der Waals surface area contributed by atoms with Crippen LogP contribution in [0.25, 0.3) is 0 Å². The number of hydrogen-bond donors (Lipinski definition) is 3. The molecule has 0 aliphatic heterocycles. The number of nitrogens with one attached hydrogen (secondary N) is 3. The minimum atomic E-state index is -0.396. The van der Waals surface area contributed by atoms with Gasteiger partial charge in [0.05, 0.1) is 0 Å². The fourth-order valence-electron chi connectivity index (χ4n) is 2.14. The maximum atomic E-state index is 12.4. The van der Waals surface area contributed by atoms with E-state index in [2.05, 4.69) is 20.9 Å². The molecule has 0 saturated carbocycles. The van der Waals surface area contributed by atoms with Crippen LogP contribution in [-0.2, 0) is 4.79 Å². The summed E-state index contributed by atoms with van der Waals surface area (Å²) in [6, 6.07) is 9.71. The maximum Gasteiger partial charge on any atom is 0.270 e. The molecule has 0 unspecified atom stereocenters. The Labute approximate surface area is 152 Å². The molecule has 7 nitrogen and oxygen atoms in total. The Morgan fingerprint density at radius 1 is 0.885 bits per heavy atom. The normalized spacial score (nSPS) is 10.8. The highest BCUT2D eigenvalue weighted by atomic mass is 16.2. The van der Waals surface area contributed by atoms with Gasteiger partial charge in [0.15, 0.2) is 0 Å². The van der Waals surface area contributed by atoms with E-state index in [9.17, 15) is 14.4 Å². The summed E-state index contributed by atoms with van der Waals surface area (Å²) in [6.45, 7) is 7.02. The third-order valence-corrected chi connectivity index (χ3v) is 3.21. The van der Waals surface area contributed by atoms with Crippen LogP contribution in [-0.4, -0.2) is 28.2 Å². The van der Waals surface area contributed by atoms with Crippen LogP contribution in [0.1, 0.15) is 48.5 Å². The molecule has 0 aliphatic rings. The number of nitrogens with zero attached hydrogens (tertiary/aromatic N) is 1. The summed E-state index contributed by atoms with van der Waals surface area (Å²) >= 11 is 0. The molecule has 1 aromatic heterocycles. The number of rotatable bonds is 4. The molecule has 3 amide bonds. The van der Waals surface area contributed by atoms with E-state index in [-0.39, 0.29) is 23.4 Å². The topological polar surface area (TPSA) is 100 Å². The van der Waals surface area contributed by atoms with Crippen molar-refractivity contribution in [2.75, 3.05) is 10.6 Å². The smallest absolute Gasteiger partial charge is 0.270 e. The average Bonchev–Trinajstić information content (AvgIpc) is 2.55. The van der Waals surface area contributed by atoms with Crippen molar-refractivity contribution in [2.45, 2.75) is 33.2 Å². The molecular weight excluding hydrogens is 332 g/mol. The summed E-state index contributed by atoms with van der Waals surface area (Å²) in [5.74, 6) is -0.865. The molecule has 136 valence electrons. The van der Waals surface area contributed by atoms with Crippen LogP contribution < -0.4 is 16.0 Å². The predicted molar refractivity (Wildman–Crippen MR) is 100 cm³/mol. The van der Waals surface area contributed by atoms with Crippen molar-refractivity contribution in [3.8, 4) is 0 Å². The van der Waals surface area contributed by atoms with Gasteiger partial charge in [0, 0.05) is 35.6 Å². The van der Waals surface area contributed by atoms with Gasteiger partial charge in [0.25, 0.3) is 11.8 Å². The molecule has 0 aliphatic carbocycles. The summed E-state index contributed by atoms with van der Waals surface area (Å²) < 4.78 is 0. The van der Waals surface area contributed by atoms with E-state index in [1.165, 1.54) is 25.3 Å². The van der Waals surface area contributed by atoms with Crippen molar-refractivity contribution in [1.82, 2.24) is 10.3 Å². The fourth-order valence-corrected chi connectivity index (χ4v) is 2.14. The van der Waals surface area contributed by atoms with Crippen LogP contribution in [0.5, 0.6) is 0 Å². The van der Waals surface area contributed by atoms with E-state index in [1.807, 2.05) is 20.8 Å². The summed E-state index contributed by atoms with van der Waals surface area (Å²) in [5, 5.41) is 8.20. The van der Waals surface area contributed by atoms with Gasteiger partial charge in [-0.15, -0.1) is 0 Å². The molecule has 1 aromatic carbocycles. The van der Waals surface area contributed by atoms with Crippen molar-refractivity contribution in [2.24, 2.45) is 0 Å². The molecule has 2 aromatic rings. The molecule has 0 fully saturated rings. The number of pyridine rings is 1. The second-order valence-corrected chi connectivity index (χ2v) is 6.85. The Morgan fingerprint density at radius 3 is 2.00 bits per heavy atom. The lowest BCUT2D eigenvalue weighted by Gasteiger charge is -2.20. The van der Waals surface area contributed by atoms with Gasteiger partial charge in [-0.1, -0.05) is 0 Å². The third-order valence-electron chi connectivity index (χ3n) is 3.21. The molecule has 0 radical (unpaired) electrons. The summed E-state index contributed by atoms with van der Waals surface area (Å²) in [7, 11) is 0. The summed E-state index contributed by atoms with van der Waals surface area (Å²) in [6.07, 6.45) is 1.42. The van der Waals surface area contributed by atoms with Gasteiger partial charge >= 0.3 is 0 Å². The Morgan fingerprint density at radius 2 is 1.46 bits per heavy atom. The third kappa shape index (κ3) is 5.70. The Hall–Kier alpha value is -3.22. The molecular formula is C19H22N4O3. The monoisotopic (exact) mass is 354 g/mol. The van der Waals surface area contributed by atoms with Gasteiger partial charge < -0.3 is 16.0 Å². The van der Waals surface area contributed by atoms with E-state index >= 15 is 0 Å². The van der Waals surface area contributed by atoms with Crippen molar-refractivity contribution in [3.05, 3.63) is 53.9 Å². The van der Waals surface area contributed by atoms with Crippen LogP contribution in [0.4, 0.5) is 11.4 Å². The van der Waals surface area contributed by atoms with Crippen LogP contribution in [0.3, 0.4) is 0 Å². The number of carbonyl (C=O) groups is 3. The predicted octanol–water partition coefficient (Wildman–Crippen LogP) is 2.82. The second kappa shape index (κ2) is 7.77. The number of aromatic nitrogens is 1. The molecule has 0 bridgehead atoms. The fraction of sp³-hybridized carbons (Fsp3) is 0.263. The Bertz CT molecular complexity index is 823. The van der Waals surface area contributed by atoms with Gasteiger partial charge in [-0.2, -0.15) is 0 Å². The van der Waals surface area contributed by atoms with Crippen molar-refractivity contribution >= 4 is 29.1 Å². The highest BCUT2D eigenvalue weighted by Gasteiger charge is 2.17. The standard InChI is InChI=1S/C19H22N4O3/c1-12(24)21-14-5-7-15(8-6-14)22-17(25)13-9-10-20-16(11-13)18(26)23-19(2,3)4/h5-11H,1-4H3,(H,21,24)(H,22,25)(H,23,26).